The fourth-order valence-electron chi connectivity index (χ4n) is 2.76. The molecule has 6 heteroatoms. The minimum Gasteiger partial charge on any atom is -0.496 e. The first-order valence-electron chi connectivity index (χ1n) is 7.58. The number of rotatable bonds is 6. The third kappa shape index (κ3) is 3.22. The number of methoxy groups -OCH3 is 1. The monoisotopic (exact) mass is 302 g/mol. The molecule has 1 N–H and O–H groups in total. The van der Waals surface area contributed by atoms with Crippen LogP contribution in [0.5, 0.6) is 11.5 Å². The lowest BCUT2D eigenvalue weighted by atomic mass is 10.1. The Balaban J connectivity index is 1.59. The summed E-state index contributed by atoms with van der Waals surface area (Å²) < 4.78 is 13.0. The second-order valence-corrected chi connectivity index (χ2v) is 5.71. The minimum absolute atomic E-state index is 0.250. The maximum absolute atomic E-state index is 5.82. The molecule has 0 saturated heterocycles. The van der Waals surface area contributed by atoms with E-state index in [1.807, 2.05) is 13.2 Å². The van der Waals surface area contributed by atoms with Crippen LogP contribution in [-0.2, 0) is 26.4 Å². The highest BCUT2D eigenvalue weighted by molar-refractivity contribution is 5.48. The van der Waals surface area contributed by atoms with Crippen LogP contribution in [0.3, 0.4) is 0 Å². The second kappa shape index (κ2) is 6.36. The van der Waals surface area contributed by atoms with Gasteiger partial charge in [0.05, 0.1) is 12.8 Å². The fourth-order valence-corrected chi connectivity index (χ4v) is 2.76. The van der Waals surface area contributed by atoms with E-state index in [2.05, 4.69) is 34.7 Å². The van der Waals surface area contributed by atoms with Gasteiger partial charge in [0.2, 0.25) is 0 Å². The van der Waals surface area contributed by atoms with Gasteiger partial charge in [-0.3, -0.25) is 4.68 Å². The summed E-state index contributed by atoms with van der Waals surface area (Å²) in [5.74, 6) is 1.91. The molecular formula is C16H22N4O2. The molecule has 6 nitrogen and oxygen atoms in total. The van der Waals surface area contributed by atoms with Crippen LogP contribution in [-0.4, -0.2) is 34.8 Å². The van der Waals surface area contributed by atoms with Gasteiger partial charge in [0.25, 0.3) is 0 Å². The van der Waals surface area contributed by atoms with Gasteiger partial charge in [-0.1, -0.05) is 5.21 Å². The Labute approximate surface area is 130 Å². The van der Waals surface area contributed by atoms with Crippen LogP contribution in [0.1, 0.15) is 23.7 Å². The third-order valence-corrected chi connectivity index (χ3v) is 3.82. The number of fused-ring (bicyclic) bond motifs is 1. The van der Waals surface area contributed by atoms with E-state index in [1.165, 1.54) is 5.56 Å². The predicted octanol–water partition coefficient (Wildman–Crippen LogP) is 1.48. The molecule has 0 spiro atoms. The standard InChI is InChI=1S/C16H22N4O2/c1-11-6-12-7-15(21-3)13(8-16(12)22-11)9-17-5-4-14-10-20(2)19-18-14/h7-8,10-11,17H,4-6,9H2,1-3H3. The van der Waals surface area contributed by atoms with Crippen LogP contribution in [0.4, 0.5) is 0 Å². The van der Waals surface area contributed by atoms with E-state index in [1.54, 1.807) is 11.8 Å². The summed E-state index contributed by atoms with van der Waals surface area (Å²) in [4.78, 5) is 0. The van der Waals surface area contributed by atoms with Crippen molar-refractivity contribution >= 4 is 0 Å². The molecule has 3 rings (SSSR count). The third-order valence-electron chi connectivity index (χ3n) is 3.82. The number of hydrogen-bond acceptors (Lipinski definition) is 5. The molecule has 1 aliphatic rings. The first kappa shape index (κ1) is 14.8. The van der Waals surface area contributed by atoms with Crippen LogP contribution in [0, 0.1) is 0 Å². The van der Waals surface area contributed by atoms with Crippen molar-refractivity contribution in [2.75, 3.05) is 13.7 Å². The van der Waals surface area contributed by atoms with Gasteiger partial charge in [-0.2, -0.15) is 0 Å². The van der Waals surface area contributed by atoms with E-state index < -0.39 is 0 Å². The maximum Gasteiger partial charge on any atom is 0.123 e. The Kier molecular flexibility index (Phi) is 4.29. The summed E-state index contributed by atoms with van der Waals surface area (Å²) >= 11 is 0. The molecule has 1 aromatic carbocycles. The maximum atomic E-state index is 5.82. The fraction of sp³-hybridized carbons (Fsp3) is 0.500. The van der Waals surface area contributed by atoms with Gasteiger partial charge >= 0.3 is 0 Å². The highest BCUT2D eigenvalue weighted by Gasteiger charge is 2.21. The molecule has 1 aliphatic heterocycles. The van der Waals surface area contributed by atoms with Crippen LogP contribution >= 0.6 is 0 Å². The molecule has 2 heterocycles. The van der Waals surface area contributed by atoms with Crippen molar-refractivity contribution < 1.29 is 9.47 Å². The molecule has 0 amide bonds. The highest BCUT2D eigenvalue weighted by Crippen LogP contribution is 2.34. The number of aryl methyl sites for hydroxylation is 1. The van der Waals surface area contributed by atoms with Crippen LogP contribution < -0.4 is 14.8 Å². The zero-order valence-corrected chi connectivity index (χ0v) is 13.3. The van der Waals surface area contributed by atoms with Gasteiger partial charge in [-0.25, -0.2) is 0 Å². The van der Waals surface area contributed by atoms with E-state index in [9.17, 15) is 0 Å². The first-order valence-corrected chi connectivity index (χ1v) is 7.58. The van der Waals surface area contributed by atoms with Crippen molar-refractivity contribution in [3.8, 4) is 11.5 Å². The predicted molar refractivity (Wildman–Crippen MR) is 83.2 cm³/mol. The molecule has 0 saturated carbocycles. The van der Waals surface area contributed by atoms with Crippen molar-refractivity contribution in [1.82, 2.24) is 20.3 Å². The largest absolute Gasteiger partial charge is 0.496 e. The Morgan fingerprint density at radius 3 is 3.05 bits per heavy atom. The quantitative estimate of drug-likeness (QED) is 0.819. The van der Waals surface area contributed by atoms with Gasteiger partial charge in [0, 0.05) is 50.3 Å². The molecule has 22 heavy (non-hydrogen) atoms. The van der Waals surface area contributed by atoms with Gasteiger partial charge in [0.1, 0.15) is 17.6 Å². The molecule has 1 atom stereocenters. The van der Waals surface area contributed by atoms with Crippen molar-refractivity contribution in [2.45, 2.75) is 32.4 Å². The molecule has 0 radical (unpaired) electrons. The lowest BCUT2D eigenvalue weighted by molar-refractivity contribution is 0.254. The number of hydrogen-bond donors (Lipinski definition) is 1. The molecule has 1 aromatic heterocycles. The number of ether oxygens (including phenoxy) is 2. The highest BCUT2D eigenvalue weighted by atomic mass is 16.5. The topological polar surface area (TPSA) is 61.2 Å². The van der Waals surface area contributed by atoms with E-state index >= 15 is 0 Å². The summed E-state index contributed by atoms with van der Waals surface area (Å²) in [5, 5.41) is 11.4. The molecule has 0 bridgehead atoms. The zero-order valence-electron chi connectivity index (χ0n) is 13.3. The summed E-state index contributed by atoms with van der Waals surface area (Å²) in [5.41, 5.74) is 3.34. The Bertz CT molecular complexity index is 654. The lowest BCUT2D eigenvalue weighted by Crippen LogP contribution is -2.17. The van der Waals surface area contributed by atoms with Gasteiger partial charge < -0.3 is 14.8 Å². The second-order valence-electron chi connectivity index (χ2n) is 5.71. The Morgan fingerprint density at radius 1 is 1.45 bits per heavy atom. The number of nitrogens with zero attached hydrogens (tertiary/aromatic N) is 3. The van der Waals surface area contributed by atoms with E-state index in [-0.39, 0.29) is 6.10 Å². The van der Waals surface area contributed by atoms with Gasteiger partial charge in [-0.15, -0.1) is 5.10 Å². The van der Waals surface area contributed by atoms with Crippen molar-refractivity contribution in [3.05, 3.63) is 35.2 Å². The normalized spacial score (nSPS) is 16.4. The van der Waals surface area contributed by atoms with E-state index in [0.29, 0.717) is 0 Å². The molecule has 118 valence electrons. The van der Waals surface area contributed by atoms with Crippen molar-refractivity contribution in [2.24, 2.45) is 7.05 Å². The summed E-state index contributed by atoms with van der Waals surface area (Å²) in [6.45, 7) is 3.68. The zero-order chi connectivity index (χ0) is 15.5. The SMILES string of the molecule is COc1cc2c(cc1CNCCc1cn(C)nn1)OC(C)C2. The van der Waals surface area contributed by atoms with Gasteiger partial charge in [-0.05, 0) is 19.1 Å². The molecule has 1 unspecified atom stereocenters. The molecule has 0 aliphatic carbocycles. The summed E-state index contributed by atoms with van der Waals surface area (Å²) in [6, 6.07) is 4.19. The van der Waals surface area contributed by atoms with Crippen LogP contribution in [0.2, 0.25) is 0 Å². The molecular weight excluding hydrogens is 280 g/mol. The lowest BCUT2D eigenvalue weighted by Gasteiger charge is -2.11. The van der Waals surface area contributed by atoms with Crippen LogP contribution in [0.15, 0.2) is 18.3 Å². The number of benzene rings is 1. The summed E-state index contributed by atoms with van der Waals surface area (Å²) in [6.07, 6.45) is 3.99. The average Bonchev–Trinajstić information content (AvgIpc) is 3.06. The number of aromatic nitrogens is 3. The average molecular weight is 302 g/mol. The first-order chi connectivity index (χ1) is 10.7. The van der Waals surface area contributed by atoms with Crippen LogP contribution in [0.25, 0.3) is 0 Å². The van der Waals surface area contributed by atoms with Crippen molar-refractivity contribution in [1.29, 1.82) is 0 Å². The van der Waals surface area contributed by atoms with E-state index in [0.717, 1.165) is 48.7 Å². The molecule has 2 aromatic rings. The van der Waals surface area contributed by atoms with Crippen molar-refractivity contribution in [3.63, 3.8) is 0 Å². The minimum atomic E-state index is 0.250. The molecule has 0 fully saturated rings. The van der Waals surface area contributed by atoms with Gasteiger partial charge in [0.15, 0.2) is 0 Å². The number of nitrogens with one attached hydrogen (secondary N) is 1. The Hall–Kier alpha value is -2.08. The van der Waals surface area contributed by atoms with E-state index in [4.69, 9.17) is 9.47 Å². The Morgan fingerprint density at radius 2 is 2.32 bits per heavy atom. The smallest absolute Gasteiger partial charge is 0.123 e. The summed E-state index contributed by atoms with van der Waals surface area (Å²) in [7, 11) is 3.59.